The Balaban J connectivity index is 1.94. The van der Waals surface area contributed by atoms with Gasteiger partial charge in [-0.2, -0.15) is 0 Å². The van der Waals surface area contributed by atoms with E-state index in [2.05, 4.69) is 13.8 Å². The van der Waals surface area contributed by atoms with Gasteiger partial charge in [-0.05, 0) is 42.7 Å². The van der Waals surface area contributed by atoms with Gasteiger partial charge in [0.25, 0.3) is 0 Å². The van der Waals surface area contributed by atoms with E-state index in [4.69, 9.17) is 5.73 Å². The third kappa shape index (κ3) is 3.75. The number of carbonyl (C=O) groups is 1. The van der Waals surface area contributed by atoms with Gasteiger partial charge >= 0.3 is 0 Å². The monoisotopic (exact) mass is 274 g/mol. The summed E-state index contributed by atoms with van der Waals surface area (Å²) >= 11 is 0. The first-order chi connectivity index (χ1) is 9.58. The number of amides is 1. The van der Waals surface area contributed by atoms with Crippen LogP contribution in [0.5, 0.6) is 0 Å². The zero-order valence-electron chi connectivity index (χ0n) is 12.6. The quantitative estimate of drug-likeness (QED) is 0.861. The summed E-state index contributed by atoms with van der Waals surface area (Å²) in [5, 5.41) is 0. The fraction of sp³-hybridized carbons (Fsp3) is 0.588. The van der Waals surface area contributed by atoms with Crippen molar-refractivity contribution in [3.63, 3.8) is 0 Å². The Hall–Kier alpha value is -1.51. The minimum Gasteiger partial charge on any atom is -0.398 e. The van der Waals surface area contributed by atoms with E-state index in [0.29, 0.717) is 6.42 Å². The fourth-order valence-electron chi connectivity index (χ4n) is 3.01. The summed E-state index contributed by atoms with van der Waals surface area (Å²) < 4.78 is 0. The third-order valence-corrected chi connectivity index (χ3v) is 4.47. The van der Waals surface area contributed by atoms with E-state index in [0.717, 1.165) is 49.0 Å². The van der Waals surface area contributed by atoms with Crippen LogP contribution in [0.3, 0.4) is 0 Å². The van der Waals surface area contributed by atoms with E-state index in [1.54, 1.807) is 0 Å². The molecule has 3 nitrogen and oxygen atoms in total. The van der Waals surface area contributed by atoms with Gasteiger partial charge in [-0.3, -0.25) is 4.79 Å². The zero-order chi connectivity index (χ0) is 14.5. The van der Waals surface area contributed by atoms with Crippen LogP contribution in [0, 0.1) is 11.8 Å². The summed E-state index contributed by atoms with van der Waals surface area (Å²) in [4.78, 5) is 14.4. The van der Waals surface area contributed by atoms with E-state index >= 15 is 0 Å². The van der Waals surface area contributed by atoms with Gasteiger partial charge in [0.05, 0.1) is 6.42 Å². The lowest BCUT2D eigenvalue weighted by molar-refractivity contribution is -0.130. The average Bonchev–Trinajstić information content (AvgIpc) is 2.67. The van der Waals surface area contributed by atoms with Crippen LogP contribution in [0.25, 0.3) is 0 Å². The molecule has 0 spiro atoms. The smallest absolute Gasteiger partial charge is 0.227 e. The van der Waals surface area contributed by atoms with Gasteiger partial charge < -0.3 is 10.6 Å². The van der Waals surface area contributed by atoms with E-state index in [-0.39, 0.29) is 5.91 Å². The summed E-state index contributed by atoms with van der Waals surface area (Å²) in [6, 6.07) is 7.65. The number of benzene rings is 1. The molecule has 20 heavy (non-hydrogen) atoms. The van der Waals surface area contributed by atoms with Crippen LogP contribution in [0.1, 0.15) is 38.7 Å². The molecule has 0 radical (unpaired) electrons. The van der Waals surface area contributed by atoms with E-state index in [9.17, 15) is 4.79 Å². The van der Waals surface area contributed by atoms with Crippen molar-refractivity contribution in [3.05, 3.63) is 29.8 Å². The second-order valence-electron chi connectivity index (χ2n) is 6.19. The van der Waals surface area contributed by atoms with E-state index in [1.807, 2.05) is 29.2 Å². The van der Waals surface area contributed by atoms with Crippen molar-refractivity contribution >= 4 is 11.6 Å². The second kappa shape index (κ2) is 6.78. The molecule has 1 heterocycles. The maximum absolute atomic E-state index is 12.4. The lowest BCUT2D eigenvalue weighted by atomic mass is 9.89. The molecular weight excluding hydrogens is 248 g/mol. The molecule has 2 rings (SSSR count). The average molecular weight is 274 g/mol. The second-order valence-corrected chi connectivity index (χ2v) is 6.19. The SMILES string of the molecule is CC(C)C1CCCN(C(=O)Cc2ccccc2N)CC1. The van der Waals surface area contributed by atoms with Gasteiger partial charge in [-0.1, -0.05) is 32.0 Å². The normalized spacial score (nSPS) is 19.9. The minimum atomic E-state index is 0.215. The maximum Gasteiger partial charge on any atom is 0.227 e. The number of likely N-dealkylation sites (tertiary alicyclic amines) is 1. The molecule has 0 aromatic heterocycles. The van der Waals surface area contributed by atoms with Gasteiger partial charge in [0.15, 0.2) is 0 Å². The molecule has 3 heteroatoms. The third-order valence-electron chi connectivity index (χ3n) is 4.47. The molecule has 1 saturated heterocycles. The molecule has 110 valence electrons. The molecule has 1 aromatic rings. The number of para-hydroxylation sites is 1. The number of hydrogen-bond donors (Lipinski definition) is 1. The molecule has 1 aliphatic heterocycles. The van der Waals surface area contributed by atoms with Crippen molar-refractivity contribution in [1.29, 1.82) is 0 Å². The topological polar surface area (TPSA) is 46.3 Å². The largest absolute Gasteiger partial charge is 0.398 e. The first-order valence-corrected chi connectivity index (χ1v) is 7.69. The summed E-state index contributed by atoms with van der Waals surface area (Å²) in [6.07, 6.45) is 3.93. The van der Waals surface area contributed by atoms with Gasteiger partial charge in [-0.25, -0.2) is 0 Å². The van der Waals surface area contributed by atoms with Crippen LogP contribution < -0.4 is 5.73 Å². The van der Waals surface area contributed by atoms with Gasteiger partial charge in [-0.15, -0.1) is 0 Å². The van der Waals surface area contributed by atoms with Crippen LogP contribution in [0.15, 0.2) is 24.3 Å². The Morgan fingerprint density at radius 2 is 2.05 bits per heavy atom. The highest BCUT2D eigenvalue weighted by Crippen LogP contribution is 2.25. The molecule has 2 N–H and O–H groups in total. The highest BCUT2D eigenvalue weighted by molar-refractivity contribution is 5.80. The molecule has 1 amide bonds. The summed E-state index contributed by atoms with van der Waals surface area (Å²) in [7, 11) is 0. The molecule has 1 atom stereocenters. The zero-order valence-corrected chi connectivity index (χ0v) is 12.6. The number of rotatable bonds is 3. The number of nitrogens with zero attached hydrogens (tertiary/aromatic N) is 1. The minimum absolute atomic E-state index is 0.215. The summed E-state index contributed by atoms with van der Waals surface area (Å²) in [5.74, 6) is 1.69. The maximum atomic E-state index is 12.4. The predicted molar refractivity (Wildman–Crippen MR) is 83.3 cm³/mol. The standard InChI is InChI=1S/C17H26N2O/c1-13(2)14-7-5-10-19(11-9-14)17(20)12-15-6-3-4-8-16(15)18/h3-4,6,8,13-14H,5,7,9-12,18H2,1-2H3. The lowest BCUT2D eigenvalue weighted by Gasteiger charge is -2.22. The van der Waals surface area contributed by atoms with Crippen molar-refractivity contribution in [1.82, 2.24) is 4.90 Å². The Morgan fingerprint density at radius 1 is 1.30 bits per heavy atom. The van der Waals surface area contributed by atoms with Crippen LogP contribution in [0.4, 0.5) is 5.69 Å². The molecule has 0 bridgehead atoms. The Kier molecular flexibility index (Phi) is 5.05. The Labute approximate surface area is 122 Å². The van der Waals surface area contributed by atoms with Crippen LogP contribution in [0.2, 0.25) is 0 Å². The predicted octanol–water partition coefficient (Wildman–Crippen LogP) is 3.10. The first-order valence-electron chi connectivity index (χ1n) is 7.69. The summed E-state index contributed by atoms with van der Waals surface area (Å²) in [6.45, 7) is 6.36. The number of nitrogens with two attached hydrogens (primary N) is 1. The van der Waals surface area contributed by atoms with Crippen LogP contribution >= 0.6 is 0 Å². The van der Waals surface area contributed by atoms with E-state index < -0.39 is 0 Å². The molecule has 0 saturated carbocycles. The molecule has 1 unspecified atom stereocenters. The van der Waals surface area contributed by atoms with Crippen molar-refractivity contribution in [2.45, 2.75) is 39.5 Å². The molecule has 0 aliphatic carbocycles. The summed E-state index contributed by atoms with van der Waals surface area (Å²) in [5.41, 5.74) is 7.59. The van der Waals surface area contributed by atoms with Crippen LogP contribution in [-0.4, -0.2) is 23.9 Å². The van der Waals surface area contributed by atoms with Gasteiger partial charge in [0.1, 0.15) is 0 Å². The lowest BCUT2D eigenvalue weighted by Crippen LogP contribution is -2.33. The van der Waals surface area contributed by atoms with Crippen LogP contribution in [-0.2, 0) is 11.2 Å². The van der Waals surface area contributed by atoms with Gasteiger partial charge in [0, 0.05) is 18.8 Å². The van der Waals surface area contributed by atoms with Crippen molar-refractivity contribution in [2.24, 2.45) is 11.8 Å². The Bertz CT molecular complexity index is 456. The van der Waals surface area contributed by atoms with Crippen molar-refractivity contribution in [3.8, 4) is 0 Å². The fourth-order valence-corrected chi connectivity index (χ4v) is 3.01. The highest BCUT2D eigenvalue weighted by Gasteiger charge is 2.22. The number of nitrogen functional groups attached to an aromatic ring is 1. The highest BCUT2D eigenvalue weighted by atomic mass is 16.2. The van der Waals surface area contributed by atoms with Gasteiger partial charge in [0.2, 0.25) is 5.91 Å². The number of carbonyl (C=O) groups excluding carboxylic acids is 1. The van der Waals surface area contributed by atoms with Crippen molar-refractivity contribution in [2.75, 3.05) is 18.8 Å². The number of anilines is 1. The molecule has 1 aliphatic rings. The van der Waals surface area contributed by atoms with E-state index in [1.165, 1.54) is 6.42 Å². The first kappa shape index (κ1) is 14.9. The molecular formula is C17H26N2O. The Morgan fingerprint density at radius 3 is 2.75 bits per heavy atom. The molecule has 1 aromatic carbocycles. The van der Waals surface area contributed by atoms with Crippen molar-refractivity contribution < 1.29 is 4.79 Å². The molecule has 1 fully saturated rings. The number of hydrogen-bond acceptors (Lipinski definition) is 2.